The third-order valence-electron chi connectivity index (χ3n) is 4.13. The van der Waals surface area contributed by atoms with Crippen molar-refractivity contribution in [1.82, 2.24) is 14.7 Å². The van der Waals surface area contributed by atoms with Gasteiger partial charge in [-0.3, -0.25) is 14.8 Å². The predicted octanol–water partition coefficient (Wildman–Crippen LogP) is 3.13. The van der Waals surface area contributed by atoms with E-state index in [-0.39, 0.29) is 5.56 Å². The van der Waals surface area contributed by atoms with Gasteiger partial charge in [0.25, 0.3) is 5.56 Å². The van der Waals surface area contributed by atoms with E-state index in [1.54, 1.807) is 22.9 Å². The van der Waals surface area contributed by atoms with Gasteiger partial charge in [-0.15, -0.1) is 0 Å². The summed E-state index contributed by atoms with van der Waals surface area (Å²) in [5.74, 6) is 0. The van der Waals surface area contributed by atoms with Crippen molar-refractivity contribution in [3.05, 3.63) is 95.5 Å². The molecular weight excluding hydrogens is 298 g/mol. The van der Waals surface area contributed by atoms with Crippen LogP contribution in [0.5, 0.6) is 0 Å². The third kappa shape index (κ3) is 4.03. The number of H-pyrrole nitrogens is 1. The van der Waals surface area contributed by atoms with Crippen LogP contribution in [0.25, 0.3) is 0 Å². The Bertz CT molecular complexity index is 758. The Kier molecular flexibility index (Phi) is 6.15. The van der Waals surface area contributed by atoms with Crippen LogP contribution >= 0.6 is 0 Å². The molecule has 0 unspecified atom stereocenters. The lowest BCUT2D eigenvalue weighted by atomic mass is 10.1. The number of aromatic amines is 1. The zero-order valence-electron chi connectivity index (χ0n) is 14.1. The van der Waals surface area contributed by atoms with E-state index in [0.717, 1.165) is 41.9 Å². The normalized spacial score (nSPS) is 15.7. The average molecular weight is 323 g/mol. The molecule has 4 nitrogen and oxygen atoms in total. The van der Waals surface area contributed by atoms with E-state index in [2.05, 4.69) is 36.3 Å². The molecule has 0 saturated carbocycles. The highest BCUT2D eigenvalue weighted by atomic mass is 16.1. The smallest absolute Gasteiger partial charge is 0.271 e. The predicted molar refractivity (Wildman–Crippen MR) is 101 cm³/mol. The highest BCUT2D eigenvalue weighted by Crippen LogP contribution is 2.16. The molecule has 0 aliphatic carbocycles. The molecule has 0 amide bonds. The summed E-state index contributed by atoms with van der Waals surface area (Å²) < 4.78 is 1.65. The second-order valence-corrected chi connectivity index (χ2v) is 5.78. The van der Waals surface area contributed by atoms with E-state index >= 15 is 0 Å². The monoisotopic (exact) mass is 323 g/mol. The number of hydrogen-bond donors (Lipinski definition) is 1. The van der Waals surface area contributed by atoms with Crippen LogP contribution in [0.1, 0.15) is 11.3 Å². The minimum absolute atomic E-state index is 0.0411. The molecule has 1 aromatic rings. The molecule has 4 heteroatoms. The van der Waals surface area contributed by atoms with E-state index in [1.807, 2.05) is 18.2 Å². The first-order chi connectivity index (χ1) is 11.6. The molecule has 0 saturated heterocycles. The maximum Gasteiger partial charge on any atom is 0.271 e. The van der Waals surface area contributed by atoms with Crippen molar-refractivity contribution in [2.45, 2.75) is 19.5 Å². The SMILES string of the molecule is C=C/C=C(\C=C)CN1CCc2[nH]n(C/C(C=C)=C/C=C)c(=O)c2C1. The first-order valence-corrected chi connectivity index (χ1v) is 8.03. The summed E-state index contributed by atoms with van der Waals surface area (Å²) in [5, 5.41) is 3.24. The van der Waals surface area contributed by atoms with Gasteiger partial charge in [0.05, 0.1) is 12.1 Å². The van der Waals surface area contributed by atoms with Crippen LogP contribution in [-0.2, 0) is 19.5 Å². The van der Waals surface area contributed by atoms with Gasteiger partial charge in [-0.2, -0.15) is 0 Å². The number of fused-ring (bicyclic) bond motifs is 1. The number of allylic oxidation sites excluding steroid dienone is 6. The van der Waals surface area contributed by atoms with Crippen LogP contribution in [0.15, 0.2) is 78.7 Å². The summed E-state index contributed by atoms with van der Waals surface area (Å²) in [7, 11) is 0. The molecule has 126 valence electrons. The fourth-order valence-corrected chi connectivity index (χ4v) is 2.88. The van der Waals surface area contributed by atoms with E-state index in [1.165, 1.54) is 0 Å². The summed E-state index contributed by atoms with van der Waals surface area (Å²) in [6.07, 6.45) is 11.7. The summed E-state index contributed by atoms with van der Waals surface area (Å²) in [6.45, 7) is 17.8. The Labute approximate surface area is 143 Å². The Hall–Kier alpha value is -2.59. The van der Waals surface area contributed by atoms with Crippen molar-refractivity contribution >= 4 is 0 Å². The van der Waals surface area contributed by atoms with Crippen molar-refractivity contribution in [1.29, 1.82) is 0 Å². The highest BCUT2D eigenvalue weighted by Gasteiger charge is 2.22. The third-order valence-corrected chi connectivity index (χ3v) is 4.13. The zero-order chi connectivity index (χ0) is 17.5. The summed E-state index contributed by atoms with van der Waals surface area (Å²) >= 11 is 0. The lowest BCUT2D eigenvalue weighted by molar-refractivity contribution is 0.276. The highest BCUT2D eigenvalue weighted by molar-refractivity contribution is 5.26. The molecule has 0 spiro atoms. The zero-order valence-corrected chi connectivity index (χ0v) is 14.1. The molecule has 1 aliphatic heterocycles. The molecule has 0 radical (unpaired) electrons. The fraction of sp³-hybridized carbons (Fsp3) is 0.250. The van der Waals surface area contributed by atoms with Gasteiger partial charge in [0.1, 0.15) is 0 Å². The standard InChI is InChI=1S/C20H25N3O/c1-5-9-16(7-3)13-22-12-11-19-18(15-22)20(24)23(21-19)14-17(8-4)10-6-2/h5-10,21H,1-4,11-15H2/b16-9+,17-10+. The van der Waals surface area contributed by atoms with Gasteiger partial charge in [0.2, 0.25) is 0 Å². The molecule has 1 aliphatic rings. The minimum Gasteiger partial charge on any atom is -0.299 e. The molecule has 0 atom stereocenters. The number of nitrogens with zero attached hydrogens (tertiary/aromatic N) is 2. The van der Waals surface area contributed by atoms with Gasteiger partial charge in [0.15, 0.2) is 0 Å². The second-order valence-electron chi connectivity index (χ2n) is 5.78. The molecule has 1 N–H and O–H groups in total. The Morgan fingerprint density at radius 3 is 2.25 bits per heavy atom. The van der Waals surface area contributed by atoms with Gasteiger partial charge in [-0.1, -0.05) is 62.8 Å². The molecule has 0 fully saturated rings. The first kappa shape index (κ1) is 17.8. The summed E-state index contributed by atoms with van der Waals surface area (Å²) in [6, 6.07) is 0. The number of hydrogen-bond acceptors (Lipinski definition) is 2. The van der Waals surface area contributed by atoms with Crippen molar-refractivity contribution < 1.29 is 0 Å². The first-order valence-electron chi connectivity index (χ1n) is 8.03. The molecule has 1 aromatic heterocycles. The van der Waals surface area contributed by atoms with Crippen molar-refractivity contribution in [3.63, 3.8) is 0 Å². The second kappa shape index (κ2) is 8.31. The number of nitrogens with one attached hydrogen (secondary N) is 1. The lowest BCUT2D eigenvalue weighted by Crippen LogP contribution is -2.34. The van der Waals surface area contributed by atoms with E-state index in [0.29, 0.717) is 13.1 Å². The Morgan fingerprint density at radius 1 is 1.04 bits per heavy atom. The van der Waals surface area contributed by atoms with Crippen LogP contribution in [-0.4, -0.2) is 27.8 Å². The van der Waals surface area contributed by atoms with E-state index < -0.39 is 0 Å². The lowest BCUT2D eigenvalue weighted by Gasteiger charge is -2.26. The Balaban J connectivity index is 2.19. The summed E-state index contributed by atoms with van der Waals surface area (Å²) in [5.41, 5.74) is 3.98. The molecule has 0 bridgehead atoms. The fourth-order valence-electron chi connectivity index (χ4n) is 2.88. The molecule has 2 heterocycles. The minimum atomic E-state index is 0.0411. The van der Waals surface area contributed by atoms with Gasteiger partial charge < -0.3 is 0 Å². The molecule has 0 aromatic carbocycles. The Morgan fingerprint density at radius 2 is 1.67 bits per heavy atom. The van der Waals surface area contributed by atoms with Crippen LogP contribution in [0.4, 0.5) is 0 Å². The van der Waals surface area contributed by atoms with Crippen LogP contribution < -0.4 is 5.56 Å². The van der Waals surface area contributed by atoms with Crippen molar-refractivity contribution in [2.24, 2.45) is 0 Å². The number of aromatic nitrogens is 2. The van der Waals surface area contributed by atoms with Gasteiger partial charge in [-0.05, 0) is 11.1 Å². The maximum absolute atomic E-state index is 12.7. The molecular formula is C20H25N3O. The average Bonchev–Trinajstić information content (AvgIpc) is 2.89. The summed E-state index contributed by atoms with van der Waals surface area (Å²) in [4.78, 5) is 14.9. The van der Waals surface area contributed by atoms with Crippen molar-refractivity contribution in [3.8, 4) is 0 Å². The number of rotatable bonds is 8. The van der Waals surface area contributed by atoms with Crippen molar-refractivity contribution in [2.75, 3.05) is 13.1 Å². The van der Waals surface area contributed by atoms with Gasteiger partial charge in [0, 0.05) is 31.7 Å². The van der Waals surface area contributed by atoms with Crippen LogP contribution in [0.3, 0.4) is 0 Å². The van der Waals surface area contributed by atoms with Crippen LogP contribution in [0, 0.1) is 0 Å². The topological polar surface area (TPSA) is 41.0 Å². The largest absolute Gasteiger partial charge is 0.299 e. The molecule has 24 heavy (non-hydrogen) atoms. The quantitative estimate of drug-likeness (QED) is 0.747. The van der Waals surface area contributed by atoms with Gasteiger partial charge >= 0.3 is 0 Å². The van der Waals surface area contributed by atoms with E-state index in [4.69, 9.17) is 0 Å². The van der Waals surface area contributed by atoms with E-state index in [9.17, 15) is 4.79 Å². The maximum atomic E-state index is 12.7. The van der Waals surface area contributed by atoms with Gasteiger partial charge in [-0.25, -0.2) is 4.68 Å². The van der Waals surface area contributed by atoms with Crippen LogP contribution in [0.2, 0.25) is 0 Å². The molecule has 2 rings (SSSR count).